The first-order chi connectivity index (χ1) is 12.7. The van der Waals surface area contributed by atoms with Gasteiger partial charge in [0.2, 0.25) is 5.91 Å². The van der Waals surface area contributed by atoms with Crippen molar-refractivity contribution in [3.8, 4) is 0 Å². The monoisotopic (exact) mass is 378 g/mol. The normalized spacial score (nSPS) is 15.7. The zero-order valence-corrected chi connectivity index (χ0v) is 16.7. The molecule has 2 N–H and O–H groups in total. The summed E-state index contributed by atoms with van der Waals surface area (Å²) in [6, 6.07) is 5.47. The van der Waals surface area contributed by atoms with Gasteiger partial charge in [-0.05, 0) is 56.6 Å². The molecule has 1 fully saturated rings. The van der Waals surface area contributed by atoms with E-state index in [4.69, 9.17) is 0 Å². The van der Waals surface area contributed by atoms with Crippen molar-refractivity contribution in [3.05, 3.63) is 30.1 Å². The Morgan fingerprint density at radius 3 is 2.33 bits per heavy atom. The van der Waals surface area contributed by atoms with Gasteiger partial charge in [-0.2, -0.15) is 0 Å². The zero-order chi connectivity index (χ0) is 20.0. The van der Waals surface area contributed by atoms with E-state index in [1.54, 1.807) is 4.90 Å². The van der Waals surface area contributed by atoms with Crippen molar-refractivity contribution in [2.75, 3.05) is 45.6 Å². The number of carbonyl (C=O) groups excluding carboxylic acids is 2. The molecule has 1 saturated heterocycles. The minimum absolute atomic E-state index is 0.00884. The van der Waals surface area contributed by atoms with Crippen LogP contribution in [0.1, 0.15) is 26.7 Å². The number of urea groups is 1. The summed E-state index contributed by atoms with van der Waals surface area (Å²) in [4.78, 5) is 28.6. The van der Waals surface area contributed by atoms with Crippen LogP contribution in [0.15, 0.2) is 24.3 Å². The molecule has 0 aromatic heterocycles. The molecule has 7 heteroatoms. The third-order valence-corrected chi connectivity index (χ3v) is 4.73. The molecule has 0 atom stereocenters. The van der Waals surface area contributed by atoms with Gasteiger partial charge in [0.1, 0.15) is 5.82 Å². The minimum atomic E-state index is -0.339. The quantitative estimate of drug-likeness (QED) is 0.800. The lowest BCUT2D eigenvalue weighted by atomic mass is 9.91. The van der Waals surface area contributed by atoms with Crippen LogP contribution in [0.3, 0.4) is 0 Å². The Bertz CT molecular complexity index is 638. The first kappa shape index (κ1) is 21.2. The molecule has 1 heterocycles. The van der Waals surface area contributed by atoms with Crippen LogP contribution >= 0.6 is 0 Å². The SMILES string of the molecule is CN(C)CC(C)(C)CNC(=O)C1CCN(C(=O)Nc2ccc(F)cc2)CC1. The second kappa shape index (κ2) is 9.17. The summed E-state index contributed by atoms with van der Waals surface area (Å²) in [6.07, 6.45) is 1.30. The van der Waals surface area contributed by atoms with Crippen molar-refractivity contribution in [2.24, 2.45) is 11.3 Å². The van der Waals surface area contributed by atoms with Crippen molar-refractivity contribution in [2.45, 2.75) is 26.7 Å². The van der Waals surface area contributed by atoms with Gasteiger partial charge < -0.3 is 20.4 Å². The predicted octanol–water partition coefficient (Wildman–Crippen LogP) is 2.77. The predicted molar refractivity (Wildman–Crippen MR) is 105 cm³/mol. The number of likely N-dealkylation sites (tertiary alicyclic amines) is 1. The van der Waals surface area contributed by atoms with Crippen molar-refractivity contribution in [1.29, 1.82) is 0 Å². The second-order valence-corrected chi connectivity index (χ2v) is 8.32. The molecule has 2 rings (SSSR count). The van der Waals surface area contributed by atoms with Crippen LogP contribution < -0.4 is 10.6 Å². The number of amides is 3. The Kier molecular flexibility index (Phi) is 7.18. The maximum absolute atomic E-state index is 12.9. The van der Waals surface area contributed by atoms with E-state index in [0.29, 0.717) is 38.2 Å². The average Bonchev–Trinajstić information content (AvgIpc) is 2.61. The molecule has 1 aromatic carbocycles. The van der Waals surface area contributed by atoms with Crippen molar-refractivity contribution in [3.63, 3.8) is 0 Å². The molecule has 6 nitrogen and oxygen atoms in total. The summed E-state index contributed by atoms with van der Waals surface area (Å²) in [6.45, 7) is 6.87. The highest BCUT2D eigenvalue weighted by Gasteiger charge is 2.28. The van der Waals surface area contributed by atoms with Crippen molar-refractivity contribution < 1.29 is 14.0 Å². The van der Waals surface area contributed by atoms with Crippen molar-refractivity contribution >= 4 is 17.6 Å². The Hall–Kier alpha value is -2.15. The topological polar surface area (TPSA) is 64.7 Å². The first-order valence-corrected chi connectivity index (χ1v) is 9.40. The number of nitrogens with one attached hydrogen (secondary N) is 2. The molecule has 0 bridgehead atoms. The highest BCUT2D eigenvalue weighted by molar-refractivity contribution is 5.89. The summed E-state index contributed by atoms with van der Waals surface area (Å²) in [5.74, 6) is -0.330. The third kappa shape index (κ3) is 6.82. The van der Waals surface area contributed by atoms with Gasteiger partial charge in [-0.3, -0.25) is 4.79 Å². The number of piperidine rings is 1. The molecule has 1 aliphatic heterocycles. The zero-order valence-electron chi connectivity index (χ0n) is 16.7. The van der Waals surface area contributed by atoms with Crippen LogP contribution in [0.2, 0.25) is 0 Å². The van der Waals surface area contributed by atoms with Crippen LogP contribution in [0, 0.1) is 17.2 Å². The van der Waals surface area contributed by atoms with Gasteiger partial charge >= 0.3 is 6.03 Å². The Morgan fingerprint density at radius 2 is 1.78 bits per heavy atom. The van der Waals surface area contributed by atoms with Gasteiger partial charge in [0, 0.05) is 37.8 Å². The number of rotatable bonds is 6. The van der Waals surface area contributed by atoms with E-state index in [-0.39, 0.29) is 29.1 Å². The Balaban J connectivity index is 1.76. The van der Waals surface area contributed by atoms with E-state index in [0.717, 1.165) is 6.54 Å². The molecule has 27 heavy (non-hydrogen) atoms. The van der Waals surface area contributed by atoms with Crippen LogP contribution in [-0.4, -0.2) is 62.0 Å². The molecular weight excluding hydrogens is 347 g/mol. The Labute approximate surface area is 161 Å². The van der Waals surface area contributed by atoms with E-state index in [2.05, 4.69) is 29.4 Å². The van der Waals surface area contributed by atoms with E-state index < -0.39 is 0 Å². The fourth-order valence-corrected chi connectivity index (χ4v) is 3.46. The third-order valence-electron chi connectivity index (χ3n) is 4.73. The lowest BCUT2D eigenvalue weighted by molar-refractivity contribution is -0.126. The first-order valence-electron chi connectivity index (χ1n) is 9.40. The average molecular weight is 378 g/mol. The van der Waals surface area contributed by atoms with Gasteiger partial charge in [-0.15, -0.1) is 0 Å². The largest absolute Gasteiger partial charge is 0.355 e. The number of carbonyl (C=O) groups is 2. The van der Waals surface area contributed by atoms with Gasteiger partial charge in [0.25, 0.3) is 0 Å². The van der Waals surface area contributed by atoms with Gasteiger partial charge in [-0.1, -0.05) is 13.8 Å². The van der Waals surface area contributed by atoms with E-state index in [1.807, 2.05) is 14.1 Å². The maximum Gasteiger partial charge on any atom is 0.321 e. The van der Waals surface area contributed by atoms with E-state index in [1.165, 1.54) is 24.3 Å². The molecule has 150 valence electrons. The lowest BCUT2D eigenvalue weighted by Gasteiger charge is -2.33. The molecule has 1 aliphatic rings. The molecule has 0 radical (unpaired) electrons. The Morgan fingerprint density at radius 1 is 1.19 bits per heavy atom. The van der Waals surface area contributed by atoms with E-state index in [9.17, 15) is 14.0 Å². The summed E-state index contributed by atoms with van der Waals surface area (Å²) in [7, 11) is 4.05. The van der Waals surface area contributed by atoms with Gasteiger partial charge in [0.15, 0.2) is 0 Å². The fraction of sp³-hybridized carbons (Fsp3) is 0.600. The van der Waals surface area contributed by atoms with Crippen LogP contribution in [-0.2, 0) is 4.79 Å². The number of nitrogens with zero attached hydrogens (tertiary/aromatic N) is 2. The minimum Gasteiger partial charge on any atom is -0.355 e. The van der Waals surface area contributed by atoms with Crippen molar-refractivity contribution in [1.82, 2.24) is 15.1 Å². The lowest BCUT2D eigenvalue weighted by Crippen LogP contribution is -2.46. The highest BCUT2D eigenvalue weighted by Crippen LogP contribution is 2.20. The van der Waals surface area contributed by atoms with Gasteiger partial charge in [0.05, 0.1) is 0 Å². The molecular formula is C20H31FN4O2. The molecule has 3 amide bonds. The number of halogens is 1. The number of anilines is 1. The number of benzene rings is 1. The summed E-state index contributed by atoms with van der Waals surface area (Å²) >= 11 is 0. The summed E-state index contributed by atoms with van der Waals surface area (Å²) < 4.78 is 12.9. The second-order valence-electron chi connectivity index (χ2n) is 8.32. The standard InChI is InChI=1S/C20H31FN4O2/c1-20(2,14-24(3)4)13-22-18(26)15-9-11-25(12-10-15)19(27)23-17-7-5-16(21)6-8-17/h5-8,15H,9-14H2,1-4H3,(H,22,26)(H,23,27). The fourth-order valence-electron chi connectivity index (χ4n) is 3.46. The van der Waals surface area contributed by atoms with E-state index >= 15 is 0 Å². The molecule has 1 aromatic rings. The number of hydrogen-bond acceptors (Lipinski definition) is 3. The van der Waals surface area contributed by atoms with Crippen LogP contribution in [0.4, 0.5) is 14.9 Å². The molecule has 0 spiro atoms. The van der Waals surface area contributed by atoms with Gasteiger partial charge in [-0.25, -0.2) is 9.18 Å². The molecule has 0 saturated carbocycles. The smallest absolute Gasteiger partial charge is 0.321 e. The molecule has 0 unspecified atom stereocenters. The molecule has 0 aliphatic carbocycles. The maximum atomic E-state index is 12.9. The summed E-state index contributed by atoms with van der Waals surface area (Å²) in [5, 5.41) is 5.83. The van der Waals surface area contributed by atoms with Crippen LogP contribution in [0.25, 0.3) is 0 Å². The van der Waals surface area contributed by atoms with Crippen LogP contribution in [0.5, 0.6) is 0 Å². The summed E-state index contributed by atoms with van der Waals surface area (Å²) in [5.41, 5.74) is 0.568. The highest BCUT2D eigenvalue weighted by atomic mass is 19.1. The number of hydrogen-bond donors (Lipinski definition) is 2.